The normalized spacial score (nSPS) is 14.0. The van der Waals surface area contributed by atoms with Crippen LogP contribution in [0.25, 0.3) is 0 Å². The van der Waals surface area contributed by atoms with Crippen LogP contribution in [-0.4, -0.2) is 44.3 Å². The van der Waals surface area contributed by atoms with E-state index in [0.717, 1.165) is 5.56 Å². The molecule has 1 rings (SSSR count). The minimum atomic E-state index is -0.825. The first-order valence-electron chi connectivity index (χ1n) is 6.03. The number of ether oxygens (including phenoxy) is 2. The summed E-state index contributed by atoms with van der Waals surface area (Å²) in [5.74, 6) is -0.113. The van der Waals surface area contributed by atoms with Gasteiger partial charge in [0.1, 0.15) is 0 Å². The monoisotopic (exact) mass is 267 g/mol. The van der Waals surface area contributed by atoms with E-state index in [2.05, 4.69) is 0 Å². The van der Waals surface area contributed by atoms with E-state index < -0.39 is 11.9 Å². The number of benzene rings is 1. The Morgan fingerprint density at radius 3 is 2.21 bits per heavy atom. The molecule has 2 atom stereocenters. The Morgan fingerprint density at radius 2 is 1.79 bits per heavy atom. The fourth-order valence-electron chi connectivity index (χ4n) is 2.21. The van der Waals surface area contributed by atoms with Crippen LogP contribution in [0.2, 0.25) is 0 Å². The topological polar surface area (TPSA) is 59.0 Å². The van der Waals surface area contributed by atoms with Gasteiger partial charge in [0.05, 0.1) is 20.1 Å². The van der Waals surface area contributed by atoms with Crippen molar-refractivity contribution in [2.24, 2.45) is 5.92 Å². The molecule has 2 unspecified atom stereocenters. The van der Waals surface area contributed by atoms with Gasteiger partial charge in [0.15, 0.2) is 11.5 Å². The Labute approximate surface area is 113 Å². The molecule has 5 nitrogen and oxygen atoms in total. The molecule has 0 heterocycles. The molecule has 1 aromatic rings. The highest BCUT2D eigenvalue weighted by Crippen LogP contribution is 2.34. The van der Waals surface area contributed by atoms with Gasteiger partial charge in [0, 0.05) is 6.04 Å². The molecule has 5 heteroatoms. The summed E-state index contributed by atoms with van der Waals surface area (Å²) in [5, 5.41) is 9.21. The SMILES string of the molecule is COc1ccc(C(C(C)C(=O)O)N(C)C)cc1OC. The number of carbonyl (C=O) groups is 1. The van der Waals surface area contributed by atoms with Crippen molar-refractivity contribution in [3.8, 4) is 11.5 Å². The summed E-state index contributed by atoms with van der Waals surface area (Å²) >= 11 is 0. The number of nitrogens with zero attached hydrogens (tertiary/aromatic N) is 1. The third-order valence-corrected chi connectivity index (χ3v) is 3.17. The Kier molecular flexibility index (Phi) is 5.18. The highest BCUT2D eigenvalue weighted by Gasteiger charge is 2.27. The number of hydrogen-bond donors (Lipinski definition) is 1. The molecular formula is C14H21NO4. The Hall–Kier alpha value is -1.75. The minimum absolute atomic E-state index is 0.225. The average Bonchev–Trinajstić information content (AvgIpc) is 2.38. The summed E-state index contributed by atoms with van der Waals surface area (Å²) in [7, 11) is 6.86. The van der Waals surface area contributed by atoms with Gasteiger partial charge in [-0.1, -0.05) is 13.0 Å². The highest BCUT2D eigenvalue weighted by atomic mass is 16.5. The summed E-state index contributed by atoms with van der Waals surface area (Å²) in [6.07, 6.45) is 0. The fraction of sp³-hybridized carbons (Fsp3) is 0.500. The first kappa shape index (κ1) is 15.3. The summed E-state index contributed by atoms with van der Waals surface area (Å²) < 4.78 is 10.4. The molecule has 0 aromatic heterocycles. The number of carboxylic acid groups (broad SMARTS) is 1. The molecule has 0 radical (unpaired) electrons. The van der Waals surface area contributed by atoms with Crippen molar-refractivity contribution >= 4 is 5.97 Å². The quantitative estimate of drug-likeness (QED) is 0.854. The van der Waals surface area contributed by atoms with E-state index in [-0.39, 0.29) is 6.04 Å². The largest absolute Gasteiger partial charge is 0.493 e. The summed E-state index contributed by atoms with van der Waals surface area (Å²) in [4.78, 5) is 13.1. The summed E-state index contributed by atoms with van der Waals surface area (Å²) in [6, 6.07) is 5.26. The van der Waals surface area contributed by atoms with E-state index in [4.69, 9.17) is 9.47 Å². The third-order valence-electron chi connectivity index (χ3n) is 3.17. The Balaban J connectivity index is 3.20. The van der Waals surface area contributed by atoms with Gasteiger partial charge in [0.25, 0.3) is 0 Å². The average molecular weight is 267 g/mol. The zero-order valence-corrected chi connectivity index (χ0v) is 12.0. The van der Waals surface area contributed by atoms with Gasteiger partial charge >= 0.3 is 5.97 Å². The molecule has 0 saturated carbocycles. The van der Waals surface area contributed by atoms with Crippen molar-refractivity contribution < 1.29 is 19.4 Å². The van der Waals surface area contributed by atoms with Crippen molar-refractivity contribution in [2.75, 3.05) is 28.3 Å². The second kappa shape index (κ2) is 6.43. The lowest BCUT2D eigenvalue weighted by Gasteiger charge is -2.28. The molecular weight excluding hydrogens is 246 g/mol. The molecule has 1 N–H and O–H groups in total. The molecule has 0 aliphatic carbocycles. The molecule has 0 bridgehead atoms. The van der Waals surface area contributed by atoms with E-state index in [1.807, 2.05) is 31.1 Å². The number of methoxy groups -OCH3 is 2. The van der Waals surface area contributed by atoms with Crippen molar-refractivity contribution in [3.05, 3.63) is 23.8 Å². The smallest absolute Gasteiger partial charge is 0.308 e. The van der Waals surface area contributed by atoms with E-state index >= 15 is 0 Å². The van der Waals surface area contributed by atoms with E-state index in [1.54, 1.807) is 27.2 Å². The van der Waals surface area contributed by atoms with Gasteiger partial charge in [-0.25, -0.2) is 0 Å². The standard InChI is InChI=1S/C14H21NO4/c1-9(14(16)17)13(15(2)3)10-6-7-11(18-4)12(8-10)19-5/h6-9,13H,1-5H3,(H,16,17). The molecule has 0 aliphatic rings. The van der Waals surface area contributed by atoms with Crippen LogP contribution in [0.3, 0.4) is 0 Å². The van der Waals surface area contributed by atoms with Crippen LogP contribution in [0.15, 0.2) is 18.2 Å². The maximum Gasteiger partial charge on any atom is 0.308 e. The van der Waals surface area contributed by atoms with E-state index in [9.17, 15) is 9.90 Å². The lowest BCUT2D eigenvalue weighted by atomic mass is 9.93. The van der Waals surface area contributed by atoms with Crippen molar-refractivity contribution in [3.63, 3.8) is 0 Å². The highest BCUT2D eigenvalue weighted by molar-refractivity contribution is 5.71. The predicted molar refractivity (Wildman–Crippen MR) is 72.8 cm³/mol. The summed E-state index contributed by atoms with van der Waals surface area (Å²) in [5.41, 5.74) is 0.887. The van der Waals surface area contributed by atoms with Crippen LogP contribution in [0.1, 0.15) is 18.5 Å². The fourth-order valence-corrected chi connectivity index (χ4v) is 2.21. The minimum Gasteiger partial charge on any atom is -0.493 e. The van der Waals surface area contributed by atoms with Gasteiger partial charge in [0.2, 0.25) is 0 Å². The second-order valence-corrected chi connectivity index (χ2v) is 4.65. The maximum absolute atomic E-state index is 11.2. The molecule has 0 saturated heterocycles. The van der Waals surface area contributed by atoms with Crippen molar-refractivity contribution in [2.45, 2.75) is 13.0 Å². The van der Waals surface area contributed by atoms with Crippen LogP contribution in [0.5, 0.6) is 11.5 Å². The van der Waals surface area contributed by atoms with Gasteiger partial charge in [-0.3, -0.25) is 4.79 Å². The maximum atomic E-state index is 11.2. The van der Waals surface area contributed by atoms with Crippen LogP contribution in [0.4, 0.5) is 0 Å². The lowest BCUT2D eigenvalue weighted by molar-refractivity contribution is -0.143. The van der Waals surface area contributed by atoms with Crippen LogP contribution >= 0.6 is 0 Å². The number of carboxylic acids is 1. The van der Waals surface area contributed by atoms with E-state index in [0.29, 0.717) is 11.5 Å². The molecule has 0 fully saturated rings. The third kappa shape index (κ3) is 3.38. The van der Waals surface area contributed by atoms with Crippen LogP contribution < -0.4 is 9.47 Å². The molecule has 0 spiro atoms. The first-order chi connectivity index (χ1) is 8.92. The first-order valence-corrected chi connectivity index (χ1v) is 6.03. The summed E-state index contributed by atoms with van der Waals surface area (Å²) in [6.45, 7) is 1.70. The van der Waals surface area contributed by atoms with Gasteiger partial charge < -0.3 is 19.5 Å². The van der Waals surface area contributed by atoms with Gasteiger partial charge in [-0.2, -0.15) is 0 Å². The Morgan fingerprint density at radius 1 is 1.21 bits per heavy atom. The zero-order valence-electron chi connectivity index (χ0n) is 12.0. The zero-order chi connectivity index (χ0) is 14.6. The molecule has 1 aromatic carbocycles. The predicted octanol–water partition coefficient (Wildman–Crippen LogP) is 2.03. The second-order valence-electron chi connectivity index (χ2n) is 4.65. The van der Waals surface area contributed by atoms with Crippen molar-refractivity contribution in [1.82, 2.24) is 4.90 Å². The number of rotatable bonds is 6. The number of hydrogen-bond acceptors (Lipinski definition) is 4. The number of aliphatic carboxylic acids is 1. The van der Waals surface area contributed by atoms with Gasteiger partial charge in [-0.15, -0.1) is 0 Å². The van der Waals surface area contributed by atoms with Gasteiger partial charge in [-0.05, 0) is 31.8 Å². The van der Waals surface area contributed by atoms with Crippen LogP contribution in [-0.2, 0) is 4.79 Å². The molecule has 106 valence electrons. The molecule has 19 heavy (non-hydrogen) atoms. The molecule has 0 amide bonds. The van der Waals surface area contributed by atoms with Crippen molar-refractivity contribution in [1.29, 1.82) is 0 Å². The van der Waals surface area contributed by atoms with E-state index in [1.165, 1.54) is 0 Å². The van der Waals surface area contributed by atoms with Crippen LogP contribution in [0, 0.1) is 5.92 Å². The lowest BCUT2D eigenvalue weighted by Crippen LogP contribution is -2.30. The molecule has 0 aliphatic heterocycles. The Bertz CT molecular complexity index is 445.